The van der Waals surface area contributed by atoms with Crippen molar-refractivity contribution >= 4 is 5.97 Å². The van der Waals surface area contributed by atoms with Gasteiger partial charge in [0, 0.05) is 11.9 Å². The molecule has 0 spiro atoms. The summed E-state index contributed by atoms with van der Waals surface area (Å²) in [6, 6.07) is 11.6. The third-order valence-electron chi connectivity index (χ3n) is 4.07. The zero-order valence-electron chi connectivity index (χ0n) is 14.9. The number of carbonyl (C=O) groups excluding carboxylic acids is 1. The molecule has 0 amide bonds. The van der Waals surface area contributed by atoms with Crippen molar-refractivity contribution in [2.75, 3.05) is 0 Å². The Labute approximate surface area is 147 Å². The fourth-order valence-electron chi connectivity index (χ4n) is 2.68. The molecule has 5 heteroatoms. The standard InChI is InChI=1S/C20H21N3O2/c1-13-5-6-14(2)18(9-13)12-25-20(24)17-7-8-19(21-11-17)23-16(4)10-15(3)22-23/h5-11H,12H2,1-4H3. The fourth-order valence-corrected chi connectivity index (χ4v) is 2.68. The molecule has 2 heterocycles. The highest BCUT2D eigenvalue weighted by molar-refractivity contribution is 5.89. The SMILES string of the molecule is Cc1ccc(C)c(COC(=O)c2ccc(-n3nc(C)cc3C)nc2)c1. The van der Waals surface area contributed by atoms with Crippen LogP contribution in [0, 0.1) is 27.7 Å². The summed E-state index contributed by atoms with van der Waals surface area (Å²) in [6.45, 7) is 8.18. The van der Waals surface area contributed by atoms with Crippen LogP contribution < -0.4 is 0 Å². The minimum Gasteiger partial charge on any atom is -0.457 e. The number of hydrogen-bond donors (Lipinski definition) is 0. The van der Waals surface area contributed by atoms with Crippen LogP contribution in [0.2, 0.25) is 0 Å². The zero-order chi connectivity index (χ0) is 18.0. The Balaban J connectivity index is 1.70. The van der Waals surface area contributed by atoms with E-state index in [2.05, 4.69) is 10.1 Å². The summed E-state index contributed by atoms with van der Waals surface area (Å²) >= 11 is 0. The molecule has 0 N–H and O–H groups in total. The van der Waals surface area contributed by atoms with E-state index in [0.29, 0.717) is 11.4 Å². The van der Waals surface area contributed by atoms with Gasteiger partial charge in [-0.05, 0) is 57.0 Å². The van der Waals surface area contributed by atoms with E-state index < -0.39 is 0 Å². The van der Waals surface area contributed by atoms with Gasteiger partial charge >= 0.3 is 5.97 Å². The van der Waals surface area contributed by atoms with Crippen LogP contribution >= 0.6 is 0 Å². The van der Waals surface area contributed by atoms with E-state index in [1.807, 2.05) is 52.0 Å². The van der Waals surface area contributed by atoms with Crippen molar-refractivity contribution in [3.05, 3.63) is 76.2 Å². The Morgan fingerprint density at radius 2 is 1.88 bits per heavy atom. The van der Waals surface area contributed by atoms with Crippen LogP contribution in [0.4, 0.5) is 0 Å². The van der Waals surface area contributed by atoms with Crippen LogP contribution in [0.1, 0.15) is 38.4 Å². The Hall–Kier alpha value is -2.95. The lowest BCUT2D eigenvalue weighted by atomic mass is 10.1. The van der Waals surface area contributed by atoms with Crippen LogP contribution in [0.15, 0.2) is 42.6 Å². The molecule has 0 bridgehead atoms. The first-order valence-corrected chi connectivity index (χ1v) is 8.17. The molecule has 2 aromatic heterocycles. The summed E-state index contributed by atoms with van der Waals surface area (Å²) < 4.78 is 7.17. The summed E-state index contributed by atoms with van der Waals surface area (Å²) in [4.78, 5) is 16.6. The van der Waals surface area contributed by atoms with Crippen molar-refractivity contribution in [3.8, 4) is 5.82 Å². The van der Waals surface area contributed by atoms with Crippen molar-refractivity contribution in [1.82, 2.24) is 14.8 Å². The van der Waals surface area contributed by atoms with E-state index in [9.17, 15) is 4.79 Å². The molecule has 0 unspecified atom stereocenters. The fraction of sp³-hybridized carbons (Fsp3) is 0.250. The highest BCUT2D eigenvalue weighted by Crippen LogP contribution is 2.14. The Morgan fingerprint density at radius 1 is 1.08 bits per heavy atom. The minimum absolute atomic E-state index is 0.256. The number of benzene rings is 1. The number of esters is 1. The first kappa shape index (κ1) is 16.9. The molecule has 128 valence electrons. The number of hydrogen-bond acceptors (Lipinski definition) is 4. The maximum atomic E-state index is 12.2. The monoisotopic (exact) mass is 335 g/mol. The topological polar surface area (TPSA) is 57.0 Å². The van der Waals surface area contributed by atoms with Crippen molar-refractivity contribution in [3.63, 3.8) is 0 Å². The van der Waals surface area contributed by atoms with E-state index >= 15 is 0 Å². The molecule has 0 aliphatic heterocycles. The lowest BCUT2D eigenvalue weighted by molar-refractivity contribution is 0.0471. The van der Waals surface area contributed by atoms with Gasteiger partial charge in [0.1, 0.15) is 6.61 Å². The molecule has 0 aliphatic rings. The molecular weight excluding hydrogens is 314 g/mol. The average Bonchev–Trinajstić information content (AvgIpc) is 2.94. The van der Waals surface area contributed by atoms with Gasteiger partial charge in [-0.2, -0.15) is 5.10 Å². The molecular formula is C20H21N3O2. The maximum absolute atomic E-state index is 12.2. The third-order valence-corrected chi connectivity index (χ3v) is 4.07. The first-order valence-electron chi connectivity index (χ1n) is 8.17. The van der Waals surface area contributed by atoms with E-state index in [1.54, 1.807) is 16.8 Å². The highest BCUT2D eigenvalue weighted by atomic mass is 16.5. The van der Waals surface area contributed by atoms with E-state index in [4.69, 9.17) is 4.74 Å². The van der Waals surface area contributed by atoms with Crippen LogP contribution in [-0.2, 0) is 11.3 Å². The Morgan fingerprint density at radius 3 is 2.52 bits per heavy atom. The molecule has 0 radical (unpaired) electrons. The van der Waals surface area contributed by atoms with Gasteiger partial charge < -0.3 is 4.74 Å². The number of carbonyl (C=O) groups is 1. The summed E-state index contributed by atoms with van der Waals surface area (Å²) in [5.74, 6) is 0.296. The minimum atomic E-state index is -0.381. The van der Waals surface area contributed by atoms with Crippen LogP contribution in [0.25, 0.3) is 5.82 Å². The Kier molecular flexibility index (Phi) is 4.65. The van der Waals surface area contributed by atoms with Crippen molar-refractivity contribution in [2.45, 2.75) is 34.3 Å². The lowest BCUT2D eigenvalue weighted by Crippen LogP contribution is -2.08. The number of rotatable bonds is 4. The second-order valence-electron chi connectivity index (χ2n) is 6.25. The summed E-state index contributed by atoms with van der Waals surface area (Å²) in [7, 11) is 0. The molecule has 0 atom stereocenters. The van der Waals surface area contributed by atoms with Gasteiger partial charge in [-0.25, -0.2) is 14.5 Å². The van der Waals surface area contributed by atoms with Gasteiger partial charge in [-0.3, -0.25) is 0 Å². The Bertz CT molecular complexity index is 911. The van der Waals surface area contributed by atoms with Crippen molar-refractivity contribution in [1.29, 1.82) is 0 Å². The number of pyridine rings is 1. The van der Waals surface area contributed by atoms with Crippen LogP contribution in [0.3, 0.4) is 0 Å². The summed E-state index contributed by atoms with van der Waals surface area (Å²) in [5, 5.41) is 4.39. The molecule has 0 aliphatic carbocycles. The van der Waals surface area contributed by atoms with Crippen molar-refractivity contribution in [2.24, 2.45) is 0 Å². The van der Waals surface area contributed by atoms with Crippen LogP contribution in [-0.4, -0.2) is 20.7 Å². The molecule has 0 saturated carbocycles. The third kappa shape index (κ3) is 3.76. The molecule has 1 aromatic carbocycles. The molecule has 0 fully saturated rings. The van der Waals surface area contributed by atoms with E-state index in [1.165, 1.54) is 6.20 Å². The average molecular weight is 335 g/mol. The number of ether oxygens (including phenoxy) is 1. The molecule has 3 rings (SSSR count). The quantitative estimate of drug-likeness (QED) is 0.679. The maximum Gasteiger partial charge on any atom is 0.340 e. The van der Waals surface area contributed by atoms with E-state index in [-0.39, 0.29) is 12.6 Å². The van der Waals surface area contributed by atoms with Gasteiger partial charge in [0.25, 0.3) is 0 Å². The molecule has 0 saturated heterocycles. The second kappa shape index (κ2) is 6.89. The van der Waals surface area contributed by atoms with Crippen molar-refractivity contribution < 1.29 is 9.53 Å². The van der Waals surface area contributed by atoms with Crippen LogP contribution in [0.5, 0.6) is 0 Å². The van der Waals surface area contributed by atoms with Gasteiger partial charge in [0.15, 0.2) is 5.82 Å². The smallest absolute Gasteiger partial charge is 0.340 e. The number of nitrogens with zero attached hydrogens (tertiary/aromatic N) is 3. The highest BCUT2D eigenvalue weighted by Gasteiger charge is 2.11. The zero-order valence-corrected chi connectivity index (χ0v) is 14.9. The number of aryl methyl sites for hydroxylation is 4. The van der Waals surface area contributed by atoms with E-state index in [0.717, 1.165) is 28.1 Å². The van der Waals surface area contributed by atoms with Gasteiger partial charge in [-0.1, -0.05) is 23.8 Å². The van der Waals surface area contributed by atoms with Gasteiger partial charge in [0.05, 0.1) is 11.3 Å². The molecule has 3 aromatic rings. The first-order chi connectivity index (χ1) is 11.9. The molecule has 25 heavy (non-hydrogen) atoms. The lowest BCUT2D eigenvalue weighted by Gasteiger charge is -2.09. The predicted molar refractivity (Wildman–Crippen MR) is 95.9 cm³/mol. The predicted octanol–water partition coefficient (Wildman–Crippen LogP) is 3.86. The number of aromatic nitrogens is 3. The summed E-state index contributed by atoms with van der Waals surface area (Å²) in [5.41, 5.74) is 5.62. The van der Waals surface area contributed by atoms with Gasteiger partial charge in [0.2, 0.25) is 0 Å². The largest absolute Gasteiger partial charge is 0.457 e. The molecule has 5 nitrogen and oxygen atoms in total. The normalized spacial score (nSPS) is 10.7. The second-order valence-corrected chi connectivity index (χ2v) is 6.25. The summed E-state index contributed by atoms with van der Waals surface area (Å²) in [6.07, 6.45) is 1.53. The van der Waals surface area contributed by atoms with Gasteiger partial charge in [-0.15, -0.1) is 0 Å².